The number of rotatable bonds is 10. The minimum Gasteiger partial charge on any atom is -0.378 e. The van der Waals surface area contributed by atoms with Crippen molar-refractivity contribution in [1.29, 1.82) is 0 Å². The highest BCUT2D eigenvalue weighted by molar-refractivity contribution is 7.86. The highest BCUT2D eigenvalue weighted by Crippen LogP contribution is 2.32. The van der Waals surface area contributed by atoms with Gasteiger partial charge in [-0.2, -0.15) is 13.4 Å². The number of ether oxygens (including phenoxy) is 2. The van der Waals surface area contributed by atoms with Crippen LogP contribution in [0.3, 0.4) is 0 Å². The van der Waals surface area contributed by atoms with Gasteiger partial charge in [-0.1, -0.05) is 30.3 Å². The SMILES string of the molecule is Cc1ccc(COS(=O)(=O)c2ccccc2)cc1N(C)c1ccnc(Nc2cc(N3CCOCC3)cc(N3CCOCC3)c2)n1. The average molecular weight is 631 g/mol. The Morgan fingerprint density at radius 1 is 0.867 bits per heavy atom. The molecule has 45 heavy (non-hydrogen) atoms. The van der Waals surface area contributed by atoms with E-state index >= 15 is 0 Å². The van der Waals surface area contributed by atoms with E-state index in [-0.39, 0.29) is 11.5 Å². The van der Waals surface area contributed by atoms with E-state index in [0.29, 0.717) is 38.2 Å². The van der Waals surface area contributed by atoms with Crippen LogP contribution in [0, 0.1) is 6.92 Å². The van der Waals surface area contributed by atoms with Gasteiger partial charge in [-0.15, -0.1) is 0 Å². The van der Waals surface area contributed by atoms with Gasteiger partial charge in [0.05, 0.1) is 37.9 Å². The lowest BCUT2D eigenvalue weighted by atomic mass is 10.1. The Balaban J connectivity index is 1.21. The molecule has 6 rings (SSSR count). The van der Waals surface area contributed by atoms with Crippen LogP contribution in [0.25, 0.3) is 0 Å². The van der Waals surface area contributed by atoms with Gasteiger partial charge in [0, 0.05) is 62.2 Å². The second-order valence-corrected chi connectivity index (χ2v) is 12.6. The van der Waals surface area contributed by atoms with Crippen molar-refractivity contribution in [3.8, 4) is 0 Å². The van der Waals surface area contributed by atoms with Crippen LogP contribution in [-0.4, -0.2) is 78.0 Å². The molecule has 0 amide bonds. The third-order valence-electron chi connectivity index (χ3n) is 7.94. The third-order valence-corrected chi connectivity index (χ3v) is 9.22. The second kappa shape index (κ2) is 13.8. The van der Waals surface area contributed by atoms with E-state index in [4.69, 9.17) is 18.6 Å². The van der Waals surface area contributed by atoms with Crippen LogP contribution < -0.4 is 20.0 Å². The summed E-state index contributed by atoms with van der Waals surface area (Å²) in [4.78, 5) is 16.1. The Morgan fingerprint density at radius 2 is 1.51 bits per heavy atom. The number of aromatic nitrogens is 2. The summed E-state index contributed by atoms with van der Waals surface area (Å²) in [5, 5.41) is 3.44. The van der Waals surface area contributed by atoms with E-state index < -0.39 is 10.1 Å². The van der Waals surface area contributed by atoms with E-state index in [1.807, 2.05) is 43.1 Å². The highest BCUT2D eigenvalue weighted by atomic mass is 32.2. The molecule has 0 aliphatic carbocycles. The van der Waals surface area contributed by atoms with Crippen molar-refractivity contribution < 1.29 is 22.1 Å². The minimum absolute atomic E-state index is 0.0834. The average Bonchev–Trinajstić information content (AvgIpc) is 3.09. The van der Waals surface area contributed by atoms with Crippen LogP contribution >= 0.6 is 0 Å². The van der Waals surface area contributed by atoms with Gasteiger partial charge in [-0.3, -0.25) is 4.18 Å². The summed E-state index contributed by atoms with van der Waals surface area (Å²) < 4.78 is 41.8. The van der Waals surface area contributed by atoms with Gasteiger partial charge in [0.2, 0.25) is 5.95 Å². The number of hydrogen-bond donors (Lipinski definition) is 1. The fraction of sp³-hybridized carbons (Fsp3) is 0.333. The Kier molecular flexibility index (Phi) is 9.45. The van der Waals surface area contributed by atoms with Crippen LogP contribution in [-0.2, 0) is 30.4 Å². The lowest BCUT2D eigenvalue weighted by Crippen LogP contribution is -2.38. The fourth-order valence-corrected chi connectivity index (χ4v) is 6.35. The van der Waals surface area contributed by atoms with Crippen molar-refractivity contribution in [2.24, 2.45) is 0 Å². The summed E-state index contributed by atoms with van der Waals surface area (Å²) in [5.41, 5.74) is 5.76. The first kappa shape index (κ1) is 30.8. The molecule has 1 aromatic heterocycles. The highest BCUT2D eigenvalue weighted by Gasteiger charge is 2.19. The van der Waals surface area contributed by atoms with Gasteiger partial charge in [-0.05, 0) is 60.5 Å². The molecule has 2 fully saturated rings. The first-order chi connectivity index (χ1) is 21.9. The molecule has 2 aliphatic rings. The first-order valence-corrected chi connectivity index (χ1v) is 16.4. The molecule has 0 unspecified atom stereocenters. The molecular weight excluding hydrogens is 592 g/mol. The molecule has 0 saturated carbocycles. The maximum atomic E-state index is 12.6. The molecule has 12 heteroatoms. The smallest absolute Gasteiger partial charge is 0.297 e. The topological polar surface area (TPSA) is 109 Å². The predicted molar refractivity (Wildman–Crippen MR) is 175 cm³/mol. The van der Waals surface area contributed by atoms with E-state index in [9.17, 15) is 8.42 Å². The lowest BCUT2D eigenvalue weighted by Gasteiger charge is -2.33. The molecule has 236 valence electrons. The second-order valence-electron chi connectivity index (χ2n) is 11.0. The van der Waals surface area contributed by atoms with Crippen molar-refractivity contribution >= 4 is 44.6 Å². The number of anilines is 6. The van der Waals surface area contributed by atoms with Crippen molar-refractivity contribution in [1.82, 2.24) is 9.97 Å². The van der Waals surface area contributed by atoms with Crippen LogP contribution in [0.1, 0.15) is 11.1 Å². The Morgan fingerprint density at radius 3 is 2.16 bits per heavy atom. The molecule has 1 N–H and O–H groups in total. The molecule has 11 nitrogen and oxygen atoms in total. The van der Waals surface area contributed by atoms with Crippen LogP contribution in [0.15, 0.2) is 83.9 Å². The number of benzene rings is 3. The molecule has 0 atom stereocenters. The Bertz CT molecular complexity index is 1670. The zero-order valence-electron chi connectivity index (χ0n) is 25.6. The lowest BCUT2D eigenvalue weighted by molar-refractivity contribution is 0.122. The quantitative estimate of drug-likeness (QED) is 0.242. The van der Waals surface area contributed by atoms with Crippen molar-refractivity contribution in [2.75, 3.05) is 79.7 Å². The van der Waals surface area contributed by atoms with Gasteiger partial charge in [0.15, 0.2) is 0 Å². The van der Waals surface area contributed by atoms with E-state index in [2.05, 4.69) is 38.3 Å². The maximum absolute atomic E-state index is 12.6. The molecule has 2 aliphatic heterocycles. The van der Waals surface area contributed by atoms with Gasteiger partial charge < -0.3 is 29.5 Å². The minimum atomic E-state index is -3.87. The molecule has 0 bridgehead atoms. The standard InChI is InChI=1S/C33H38N6O5S/c1-25-8-9-26(24-44-45(40,41)30-6-4-3-5-7-30)20-31(25)37(2)32-10-11-34-33(36-32)35-27-21-28(38-12-16-42-17-13-38)23-29(22-27)39-14-18-43-19-15-39/h3-11,20-23H,12-19,24H2,1-2H3,(H,34,35,36). The summed E-state index contributed by atoms with van der Waals surface area (Å²) in [6.45, 7) is 8.09. The summed E-state index contributed by atoms with van der Waals surface area (Å²) in [5.74, 6) is 1.15. The van der Waals surface area contributed by atoms with Gasteiger partial charge in [0.25, 0.3) is 10.1 Å². The van der Waals surface area contributed by atoms with Crippen LogP contribution in [0.2, 0.25) is 0 Å². The number of aryl methyl sites for hydroxylation is 1. The summed E-state index contributed by atoms with van der Waals surface area (Å²) in [6, 6.07) is 22.2. The molecule has 3 heterocycles. The molecular formula is C33H38N6O5S. The number of morpholine rings is 2. The van der Waals surface area contributed by atoms with E-state index in [0.717, 1.165) is 60.1 Å². The van der Waals surface area contributed by atoms with Crippen molar-refractivity contribution in [3.05, 3.63) is 90.1 Å². The molecule has 3 aromatic carbocycles. The summed E-state index contributed by atoms with van der Waals surface area (Å²) in [6.07, 6.45) is 1.73. The Hall–Kier alpha value is -4.23. The fourth-order valence-electron chi connectivity index (χ4n) is 5.43. The van der Waals surface area contributed by atoms with Crippen molar-refractivity contribution in [2.45, 2.75) is 18.4 Å². The summed E-state index contributed by atoms with van der Waals surface area (Å²) >= 11 is 0. The number of nitrogens with one attached hydrogen (secondary N) is 1. The molecule has 4 aromatic rings. The third kappa shape index (κ3) is 7.54. The molecule has 0 spiro atoms. The largest absolute Gasteiger partial charge is 0.378 e. The zero-order chi connectivity index (χ0) is 31.2. The zero-order valence-corrected chi connectivity index (χ0v) is 26.4. The molecule has 2 saturated heterocycles. The summed E-state index contributed by atoms with van der Waals surface area (Å²) in [7, 11) is -1.95. The number of hydrogen-bond acceptors (Lipinski definition) is 11. The van der Waals surface area contributed by atoms with Gasteiger partial charge >= 0.3 is 0 Å². The normalized spacial score (nSPS) is 15.6. The van der Waals surface area contributed by atoms with E-state index in [1.54, 1.807) is 24.4 Å². The number of nitrogens with zero attached hydrogens (tertiary/aromatic N) is 5. The van der Waals surface area contributed by atoms with Crippen LogP contribution in [0.4, 0.5) is 34.5 Å². The Labute approximate surface area is 264 Å². The maximum Gasteiger partial charge on any atom is 0.297 e. The molecule has 0 radical (unpaired) electrons. The van der Waals surface area contributed by atoms with Crippen molar-refractivity contribution in [3.63, 3.8) is 0 Å². The first-order valence-electron chi connectivity index (χ1n) is 15.0. The predicted octanol–water partition coefficient (Wildman–Crippen LogP) is 4.88. The van der Waals surface area contributed by atoms with Gasteiger partial charge in [-0.25, -0.2) is 4.98 Å². The van der Waals surface area contributed by atoms with Crippen LogP contribution in [0.5, 0.6) is 0 Å². The van der Waals surface area contributed by atoms with Gasteiger partial charge in [0.1, 0.15) is 5.82 Å². The van der Waals surface area contributed by atoms with E-state index in [1.165, 1.54) is 12.1 Å². The monoisotopic (exact) mass is 630 g/mol.